The van der Waals surface area contributed by atoms with E-state index in [1.165, 1.54) is 26.2 Å². The maximum absolute atomic E-state index is 14.8. The van der Waals surface area contributed by atoms with Crippen molar-refractivity contribution in [2.45, 2.75) is 207 Å². The first-order chi connectivity index (χ1) is 43.0. The number of carbonyl (C=O) groups excluding carboxylic acids is 10. The first kappa shape index (κ1) is 77.8. The summed E-state index contributed by atoms with van der Waals surface area (Å²) in [5, 5.41) is 27.6. The Morgan fingerprint density at radius 2 is 1.33 bits per heavy atom. The third-order valence-corrected chi connectivity index (χ3v) is 17.0. The number of urea groups is 1. The monoisotopic (exact) mass is 1280 g/mol. The van der Waals surface area contributed by atoms with E-state index >= 15 is 0 Å². The number of anilines is 1. The zero-order valence-corrected chi connectivity index (χ0v) is 56.0. The molecule has 26 nitrogen and oxygen atoms in total. The van der Waals surface area contributed by atoms with Crippen LogP contribution in [0.25, 0.3) is 0 Å². The van der Waals surface area contributed by atoms with Gasteiger partial charge in [0.2, 0.25) is 47.3 Å². The van der Waals surface area contributed by atoms with Gasteiger partial charge in [0.05, 0.1) is 48.8 Å². The predicted molar refractivity (Wildman–Crippen MR) is 344 cm³/mol. The number of aliphatic hydroxyl groups is 1. The van der Waals surface area contributed by atoms with Crippen LogP contribution in [-0.2, 0) is 59.2 Å². The molecule has 1 saturated heterocycles. The molecule has 1 heterocycles. The third-order valence-electron chi connectivity index (χ3n) is 17.0. The average molecular weight is 1280 g/mol. The number of nitrogens with zero attached hydrogens (tertiary/aromatic N) is 3. The molecule has 11 amide bonds. The van der Waals surface area contributed by atoms with E-state index in [9.17, 15) is 53.1 Å². The van der Waals surface area contributed by atoms with Crippen molar-refractivity contribution in [3.8, 4) is 0 Å². The predicted octanol–water partition coefficient (Wildman–Crippen LogP) is 4.53. The zero-order chi connectivity index (χ0) is 68.2. The van der Waals surface area contributed by atoms with Crippen LogP contribution in [0.15, 0.2) is 54.6 Å². The van der Waals surface area contributed by atoms with Gasteiger partial charge >= 0.3 is 12.1 Å². The minimum atomic E-state index is -1.10. The van der Waals surface area contributed by atoms with Crippen molar-refractivity contribution in [2.75, 3.05) is 46.7 Å². The van der Waals surface area contributed by atoms with Crippen LogP contribution in [0.4, 0.5) is 15.3 Å². The Balaban J connectivity index is 1.69. The summed E-state index contributed by atoms with van der Waals surface area (Å²) in [5.41, 5.74) is 8.84. The van der Waals surface area contributed by atoms with Crippen LogP contribution >= 0.6 is 0 Å². The van der Waals surface area contributed by atoms with Gasteiger partial charge in [-0.15, -0.1) is 0 Å². The number of hydrogen-bond donors (Lipinski definition) is 10. The second-order valence-corrected chi connectivity index (χ2v) is 24.9. The molecule has 0 bridgehead atoms. The van der Waals surface area contributed by atoms with E-state index in [-0.39, 0.29) is 80.7 Å². The smallest absolute Gasteiger partial charge is 0.410 e. The minimum Gasteiger partial charge on any atom is -0.445 e. The number of primary amides is 1. The molecule has 510 valence electrons. The number of benzene rings is 2. The number of rotatable bonds is 38. The van der Waals surface area contributed by atoms with Gasteiger partial charge in [-0.1, -0.05) is 118 Å². The quantitative estimate of drug-likeness (QED) is 0.0191. The highest BCUT2D eigenvalue weighted by atomic mass is 16.6. The van der Waals surface area contributed by atoms with Gasteiger partial charge in [-0.25, -0.2) is 15.4 Å². The van der Waals surface area contributed by atoms with E-state index in [1.54, 1.807) is 109 Å². The molecule has 0 radical (unpaired) electrons. The number of hydrogen-bond acceptors (Lipinski definition) is 15. The lowest BCUT2D eigenvalue weighted by Crippen LogP contribution is -2.60. The lowest BCUT2D eigenvalue weighted by atomic mass is 9.89. The summed E-state index contributed by atoms with van der Waals surface area (Å²) < 4.78 is 17.7. The van der Waals surface area contributed by atoms with Crippen LogP contribution in [0.5, 0.6) is 0 Å². The Morgan fingerprint density at radius 1 is 0.703 bits per heavy atom. The molecule has 12 atom stereocenters. The molecule has 12 N–H and O–H groups in total. The van der Waals surface area contributed by atoms with Crippen molar-refractivity contribution in [1.29, 1.82) is 0 Å². The Kier molecular flexibility index (Phi) is 33.4. The highest BCUT2D eigenvalue weighted by molar-refractivity contribution is 5.98. The number of nitrogens with one attached hydrogen (secondary N) is 7. The van der Waals surface area contributed by atoms with Crippen molar-refractivity contribution in [2.24, 2.45) is 41.2 Å². The molecular formula is C65H106N12O14. The zero-order valence-electron chi connectivity index (χ0n) is 56.0. The molecule has 3 rings (SSSR count). The summed E-state index contributed by atoms with van der Waals surface area (Å²) in [4.78, 5) is 139. The summed E-state index contributed by atoms with van der Waals surface area (Å²) in [5.74, 6) is -0.356. The normalized spacial score (nSPS) is 16.7. The average Bonchev–Trinajstić information content (AvgIpc) is 1.85. The first-order valence-electron chi connectivity index (χ1n) is 31.9. The lowest BCUT2D eigenvalue weighted by molar-refractivity contribution is -0.148. The van der Waals surface area contributed by atoms with Crippen LogP contribution < -0.4 is 48.9 Å². The van der Waals surface area contributed by atoms with E-state index in [1.807, 2.05) is 32.0 Å². The molecule has 1 aliphatic rings. The number of hydrazine groups is 1. The van der Waals surface area contributed by atoms with Crippen molar-refractivity contribution in [1.82, 2.24) is 46.7 Å². The fraction of sp³-hybridized carbons (Fsp3) is 0.662. The lowest BCUT2D eigenvalue weighted by Gasteiger charge is -2.41. The second-order valence-electron chi connectivity index (χ2n) is 24.9. The van der Waals surface area contributed by atoms with Gasteiger partial charge in [0.1, 0.15) is 30.8 Å². The van der Waals surface area contributed by atoms with Gasteiger partial charge in [0, 0.05) is 59.9 Å². The summed E-state index contributed by atoms with van der Waals surface area (Å²) in [7, 11) is 6.09. The van der Waals surface area contributed by atoms with Gasteiger partial charge in [0.15, 0.2) is 0 Å². The molecule has 26 heteroatoms. The Labute approximate surface area is 537 Å². The number of likely N-dealkylation sites (tertiary alicyclic amines) is 1. The first-order valence-corrected chi connectivity index (χ1v) is 31.9. The van der Waals surface area contributed by atoms with Crippen LogP contribution in [0.2, 0.25) is 0 Å². The van der Waals surface area contributed by atoms with Crippen LogP contribution in [-0.4, -0.2) is 175 Å². The third kappa shape index (κ3) is 24.3. The van der Waals surface area contributed by atoms with E-state index in [4.69, 9.17) is 25.8 Å². The molecule has 0 aromatic heterocycles. The van der Waals surface area contributed by atoms with Gasteiger partial charge in [-0.3, -0.25) is 48.7 Å². The molecular weight excluding hydrogens is 1170 g/mol. The van der Waals surface area contributed by atoms with E-state index in [0.717, 1.165) is 0 Å². The number of aliphatic hydroxyl groups excluding tert-OH is 1. The molecule has 0 saturated carbocycles. The number of ether oxygens (including phenoxy) is 3. The number of nitrogens with two attached hydrogens (primary N) is 2. The standard InChI is InChI=1S/C65H106N12O14/c1-15-41(8)56(49(89-13)36-52(80)77-35-23-27-48(77)58(90-14)42(9)59(82)69-43(10)57(81)45-24-18-16-19-25-45)75(11)63(86)54(39(4)5)73-62(85)55(40(6)7)76(12)65(88)91-37-44-30-32-46(33-31-44)70-60(83)47(26-22-34-68-64(66)87)71-61(84)53(38(2)3)72-50(78)28-20-17-21-29-51(79)74-67/h16,18-19,24-25,30-33,38-43,47-49,53-58,81H,15,17,20-23,26-29,34-37,67H2,1-14H3,(H,69,82)(H,70,83)(H,71,84)(H,72,78)(H,73,85)(H,74,79)(H3,66,68,87)/t41-,42+,43+,47-,48-,49+,53?,54-,55?,56-,57+,58+/m0/s1. The number of amides is 11. The number of carbonyl (C=O) groups is 10. The highest BCUT2D eigenvalue weighted by Gasteiger charge is 2.44. The van der Waals surface area contributed by atoms with Crippen molar-refractivity contribution >= 4 is 65.1 Å². The Morgan fingerprint density at radius 3 is 1.89 bits per heavy atom. The largest absolute Gasteiger partial charge is 0.445 e. The van der Waals surface area contributed by atoms with E-state index in [2.05, 4.69) is 37.3 Å². The molecule has 91 heavy (non-hydrogen) atoms. The van der Waals surface area contributed by atoms with Gasteiger partial charge in [0.25, 0.3) is 0 Å². The van der Waals surface area contributed by atoms with Crippen molar-refractivity contribution in [3.63, 3.8) is 0 Å². The summed E-state index contributed by atoms with van der Waals surface area (Å²) in [6.07, 6.45) is 0.925. The maximum atomic E-state index is 14.8. The number of unbranched alkanes of at least 4 members (excludes halogenated alkanes) is 2. The Bertz CT molecular complexity index is 2670. The maximum Gasteiger partial charge on any atom is 0.410 e. The fourth-order valence-corrected chi connectivity index (χ4v) is 11.5. The molecule has 2 unspecified atom stereocenters. The minimum absolute atomic E-state index is 0.0894. The molecule has 0 aliphatic carbocycles. The molecule has 0 spiro atoms. The molecule has 2 aromatic carbocycles. The van der Waals surface area contributed by atoms with Crippen molar-refractivity contribution in [3.05, 3.63) is 65.7 Å². The molecule has 1 fully saturated rings. The van der Waals surface area contributed by atoms with Crippen LogP contribution in [0.3, 0.4) is 0 Å². The Hall–Kier alpha value is -7.42. The summed E-state index contributed by atoms with van der Waals surface area (Å²) in [6.45, 7) is 18.4. The summed E-state index contributed by atoms with van der Waals surface area (Å²) in [6, 6.07) is 8.83. The van der Waals surface area contributed by atoms with Gasteiger partial charge in [-0.05, 0) is 92.4 Å². The van der Waals surface area contributed by atoms with Crippen LogP contribution in [0.1, 0.15) is 157 Å². The van der Waals surface area contributed by atoms with Gasteiger partial charge < -0.3 is 66.8 Å². The second kappa shape index (κ2) is 39.1. The SMILES string of the molecule is CC[C@H](C)[C@@H]([C@@H](CC(=O)N1CCC[C@H]1[C@H](OC)[C@@H](C)C(=O)N[C@H](C)[C@@H](O)c1ccccc1)OC)N(C)C(=O)[C@@H](NC(=O)C(C(C)C)N(C)C(=O)OCc1ccc(NC(=O)[C@H](CCCNC(N)=O)NC(=O)C(NC(=O)CCCCCC(=O)NN)C(C)C)cc1)C(C)C. The van der Waals surface area contributed by atoms with Crippen LogP contribution in [0, 0.1) is 29.6 Å². The van der Waals surface area contributed by atoms with E-state index in [0.29, 0.717) is 61.9 Å². The molecule has 1 aliphatic heterocycles. The number of likely N-dealkylation sites (N-methyl/N-ethyl adjacent to an activating group) is 2. The number of methoxy groups -OCH3 is 2. The van der Waals surface area contributed by atoms with E-state index < -0.39 is 114 Å². The van der Waals surface area contributed by atoms with Gasteiger partial charge in [-0.2, -0.15) is 0 Å². The summed E-state index contributed by atoms with van der Waals surface area (Å²) >= 11 is 0. The highest BCUT2D eigenvalue weighted by Crippen LogP contribution is 2.30. The fourth-order valence-electron chi connectivity index (χ4n) is 11.5. The topological polar surface area (TPSA) is 365 Å². The molecule has 2 aromatic rings. The van der Waals surface area contributed by atoms with Crippen molar-refractivity contribution < 1.29 is 67.3 Å².